The summed E-state index contributed by atoms with van der Waals surface area (Å²) in [5, 5.41) is 0. The lowest BCUT2D eigenvalue weighted by atomic mass is 9.83. The van der Waals surface area contributed by atoms with Gasteiger partial charge in [0.15, 0.2) is 0 Å². The van der Waals surface area contributed by atoms with Gasteiger partial charge in [0, 0.05) is 32.2 Å². The molecule has 2 aliphatic rings. The molecule has 0 aromatic heterocycles. The number of amides is 1. The molecule has 1 amide bonds. The SMILES string of the molecule is CC(C)(C)OC(=O)N1CCCN(C2CCCCC2CN)CC1. The Balaban J connectivity index is 1.90. The van der Waals surface area contributed by atoms with Crippen LogP contribution in [0.1, 0.15) is 52.9 Å². The van der Waals surface area contributed by atoms with E-state index in [-0.39, 0.29) is 6.09 Å². The van der Waals surface area contributed by atoms with Crippen molar-refractivity contribution in [3.8, 4) is 0 Å². The molecule has 0 radical (unpaired) electrons. The van der Waals surface area contributed by atoms with E-state index in [4.69, 9.17) is 10.5 Å². The van der Waals surface area contributed by atoms with Crippen molar-refractivity contribution in [1.29, 1.82) is 0 Å². The summed E-state index contributed by atoms with van der Waals surface area (Å²) in [5.74, 6) is 0.627. The molecule has 0 bridgehead atoms. The smallest absolute Gasteiger partial charge is 0.410 e. The molecule has 0 aromatic rings. The summed E-state index contributed by atoms with van der Waals surface area (Å²) in [6, 6.07) is 0.609. The molecule has 2 fully saturated rings. The summed E-state index contributed by atoms with van der Waals surface area (Å²) < 4.78 is 5.50. The predicted molar refractivity (Wildman–Crippen MR) is 88.8 cm³/mol. The second kappa shape index (κ2) is 7.64. The Hall–Kier alpha value is -0.810. The minimum absolute atomic E-state index is 0.173. The summed E-state index contributed by atoms with van der Waals surface area (Å²) in [7, 11) is 0. The third-order valence-corrected chi connectivity index (χ3v) is 4.82. The molecule has 5 heteroatoms. The summed E-state index contributed by atoms with van der Waals surface area (Å²) in [5.41, 5.74) is 5.55. The van der Waals surface area contributed by atoms with Crippen LogP contribution in [0.5, 0.6) is 0 Å². The lowest BCUT2D eigenvalue weighted by Gasteiger charge is -2.39. The fourth-order valence-corrected chi connectivity index (χ4v) is 3.72. The molecule has 2 rings (SSSR count). The molecule has 5 nitrogen and oxygen atoms in total. The molecular formula is C17H33N3O2. The molecular weight excluding hydrogens is 278 g/mol. The topological polar surface area (TPSA) is 58.8 Å². The Morgan fingerprint density at radius 3 is 2.50 bits per heavy atom. The highest BCUT2D eigenvalue weighted by Gasteiger charge is 2.31. The van der Waals surface area contributed by atoms with Crippen LogP contribution >= 0.6 is 0 Å². The van der Waals surface area contributed by atoms with E-state index in [2.05, 4.69) is 4.90 Å². The molecule has 0 aromatic carbocycles. The number of rotatable bonds is 2. The van der Waals surface area contributed by atoms with Crippen molar-refractivity contribution < 1.29 is 9.53 Å². The van der Waals surface area contributed by atoms with Gasteiger partial charge in [-0.1, -0.05) is 12.8 Å². The van der Waals surface area contributed by atoms with Crippen molar-refractivity contribution in [3.05, 3.63) is 0 Å². The van der Waals surface area contributed by atoms with Gasteiger partial charge in [-0.2, -0.15) is 0 Å². The fourth-order valence-electron chi connectivity index (χ4n) is 3.72. The zero-order chi connectivity index (χ0) is 16.2. The van der Waals surface area contributed by atoms with Gasteiger partial charge in [-0.3, -0.25) is 4.90 Å². The van der Waals surface area contributed by atoms with Gasteiger partial charge in [0.25, 0.3) is 0 Å². The number of carbonyl (C=O) groups is 1. The minimum Gasteiger partial charge on any atom is -0.444 e. The van der Waals surface area contributed by atoms with Crippen molar-refractivity contribution in [3.63, 3.8) is 0 Å². The Morgan fingerprint density at radius 1 is 1.09 bits per heavy atom. The Labute approximate surface area is 135 Å². The van der Waals surface area contributed by atoms with Gasteiger partial charge in [0.2, 0.25) is 0 Å². The van der Waals surface area contributed by atoms with Crippen LogP contribution in [0.15, 0.2) is 0 Å². The van der Waals surface area contributed by atoms with E-state index in [9.17, 15) is 4.79 Å². The van der Waals surface area contributed by atoms with Crippen molar-refractivity contribution in [2.45, 2.75) is 64.5 Å². The Bertz CT molecular complexity index is 367. The highest BCUT2D eigenvalue weighted by atomic mass is 16.6. The van der Waals surface area contributed by atoms with Crippen LogP contribution in [-0.2, 0) is 4.74 Å². The summed E-state index contributed by atoms with van der Waals surface area (Å²) in [6.45, 7) is 10.1. The van der Waals surface area contributed by atoms with Crippen molar-refractivity contribution in [2.75, 3.05) is 32.7 Å². The van der Waals surface area contributed by atoms with Crippen LogP contribution in [0.25, 0.3) is 0 Å². The van der Waals surface area contributed by atoms with Crippen LogP contribution in [0.3, 0.4) is 0 Å². The third kappa shape index (κ3) is 4.85. The quantitative estimate of drug-likeness (QED) is 0.851. The van der Waals surface area contributed by atoms with E-state index in [1.807, 2.05) is 25.7 Å². The molecule has 1 aliphatic heterocycles. The number of hydrogen-bond donors (Lipinski definition) is 1. The second-order valence-corrected chi connectivity index (χ2v) is 7.70. The molecule has 128 valence electrons. The van der Waals surface area contributed by atoms with Crippen LogP contribution in [-0.4, -0.2) is 60.3 Å². The highest BCUT2D eigenvalue weighted by Crippen LogP contribution is 2.28. The van der Waals surface area contributed by atoms with Gasteiger partial charge in [0.05, 0.1) is 0 Å². The fraction of sp³-hybridized carbons (Fsp3) is 0.941. The Kier molecular flexibility index (Phi) is 6.09. The predicted octanol–water partition coefficient (Wildman–Crippen LogP) is 2.45. The summed E-state index contributed by atoms with van der Waals surface area (Å²) in [6.07, 6.45) is 5.99. The zero-order valence-corrected chi connectivity index (χ0v) is 14.5. The standard InChI is InChI=1S/C17H33N3O2/c1-17(2,3)22-16(21)20-10-6-9-19(11-12-20)15-8-5-4-7-14(15)13-18/h14-15H,4-13,18H2,1-3H3. The number of hydrogen-bond acceptors (Lipinski definition) is 4. The van der Waals surface area contributed by atoms with Gasteiger partial charge >= 0.3 is 6.09 Å². The molecule has 1 saturated heterocycles. The van der Waals surface area contributed by atoms with Crippen LogP contribution in [0.4, 0.5) is 4.79 Å². The van der Waals surface area contributed by atoms with Crippen molar-refractivity contribution >= 4 is 6.09 Å². The number of carbonyl (C=O) groups excluding carboxylic acids is 1. The van der Waals surface area contributed by atoms with Crippen molar-refractivity contribution in [1.82, 2.24) is 9.80 Å². The maximum atomic E-state index is 12.2. The average molecular weight is 311 g/mol. The van der Waals surface area contributed by atoms with E-state index in [1.54, 1.807) is 0 Å². The van der Waals surface area contributed by atoms with E-state index in [0.717, 1.165) is 39.1 Å². The lowest BCUT2D eigenvalue weighted by molar-refractivity contribution is 0.0250. The summed E-state index contributed by atoms with van der Waals surface area (Å²) >= 11 is 0. The molecule has 1 aliphatic carbocycles. The average Bonchev–Trinajstić information content (AvgIpc) is 2.71. The van der Waals surface area contributed by atoms with Gasteiger partial charge in [0.1, 0.15) is 5.60 Å². The second-order valence-electron chi connectivity index (χ2n) is 7.70. The van der Waals surface area contributed by atoms with E-state index < -0.39 is 5.60 Å². The first-order chi connectivity index (χ1) is 10.4. The first-order valence-corrected chi connectivity index (χ1v) is 8.83. The normalized spacial score (nSPS) is 28.3. The first kappa shape index (κ1) is 17.5. The first-order valence-electron chi connectivity index (χ1n) is 8.83. The number of nitrogens with two attached hydrogens (primary N) is 1. The van der Waals surface area contributed by atoms with Crippen LogP contribution in [0.2, 0.25) is 0 Å². The van der Waals surface area contributed by atoms with E-state index in [0.29, 0.717) is 12.0 Å². The largest absolute Gasteiger partial charge is 0.444 e. The van der Waals surface area contributed by atoms with E-state index in [1.165, 1.54) is 25.7 Å². The van der Waals surface area contributed by atoms with Gasteiger partial charge < -0.3 is 15.4 Å². The zero-order valence-electron chi connectivity index (χ0n) is 14.5. The monoisotopic (exact) mass is 311 g/mol. The van der Waals surface area contributed by atoms with E-state index >= 15 is 0 Å². The third-order valence-electron chi connectivity index (χ3n) is 4.82. The summed E-state index contributed by atoms with van der Waals surface area (Å²) in [4.78, 5) is 16.7. The number of ether oxygens (including phenoxy) is 1. The maximum Gasteiger partial charge on any atom is 0.410 e. The van der Waals surface area contributed by atoms with Gasteiger partial charge in [-0.25, -0.2) is 4.79 Å². The maximum absolute atomic E-state index is 12.2. The highest BCUT2D eigenvalue weighted by molar-refractivity contribution is 5.68. The van der Waals surface area contributed by atoms with Crippen molar-refractivity contribution in [2.24, 2.45) is 11.7 Å². The van der Waals surface area contributed by atoms with Crippen LogP contribution in [0, 0.1) is 5.92 Å². The molecule has 0 spiro atoms. The molecule has 22 heavy (non-hydrogen) atoms. The Morgan fingerprint density at radius 2 is 1.82 bits per heavy atom. The molecule has 2 N–H and O–H groups in total. The molecule has 1 heterocycles. The minimum atomic E-state index is -0.420. The molecule has 2 unspecified atom stereocenters. The number of nitrogens with zero attached hydrogens (tertiary/aromatic N) is 2. The molecule has 2 atom stereocenters. The van der Waals surface area contributed by atoms with Gasteiger partial charge in [-0.15, -0.1) is 0 Å². The molecule has 1 saturated carbocycles. The van der Waals surface area contributed by atoms with Crippen LogP contribution < -0.4 is 5.73 Å². The van der Waals surface area contributed by atoms with Gasteiger partial charge in [-0.05, 0) is 52.5 Å². The lowest BCUT2D eigenvalue weighted by Crippen LogP contribution is -2.47.